The Morgan fingerprint density at radius 2 is 1.86 bits per heavy atom. The van der Waals surface area contributed by atoms with E-state index in [-0.39, 0.29) is 5.41 Å². The van der Waals surface area contributed by atoms with Crippen LogP contribution in [0.4, 0.5) is 5.69 Å². The highest BCUT2D eigenvalue weighted by Gasteiger charge is 2.17. The molecule has 2 aromatic rings. The molecule has 21 heavy (non-hydrogen) atoms. The number of hydrogen-bond acceptors (Lipinski definition) is 5. The summed E-state index contributed by atoms with van der Waals surface area (Å²) in [6, 6.07) is 5.79. The van der Waals surface area contributed by atoms with Gasteiger partial charge in [-0.05, 0) is 12.1 Å². The molecule has 0 saturated heterocycles. The van der Waals surface area contributed by atoms with E-state index in [1.807, 2.05) is 18.2 Å². The maximum absolute atomic E-state index is 5.30. The molecule has 0 unspecified atom stereocenters. The average Bonchev–Trinajstić information content (AvgIpc) is 2.93. The zero-order chi connectivity index (χ0) is 15.5. The summed E-state index contributed by atoms with van der Waals surface area (Å²) in [6.45, 7) is 7.23. The minimum atomic E-state index is 0.0953. The van der Waals surface area contributed by atoms with E-state index in [1.54, 1.807) is 25.6 Å². The first-order chi connectivity index (χ1) is 9.94. The van der Waals surface area contributed by atoms with E-state index in [4.69, 9.17) is 9.47 Å². The molecule has 4 nitrogen and oxygen atoms in total. The Hall–Kier alpha value is -1.75. The maximum atomic E-state index is 5.30. The van der Waals surface area contributed by atoms with E-state index < -0.39 is 0 Å². The number of anilines is 1. The number of rotatable bonds is 5. The van der Waals surface area contributed by atoms with Gasteiger partial charge in [0.25, 0.3) is 0 Å². The van der Waals surface area contributed by atoms with Gasteiger partial charge in [-0.3, -0.25) is 0 Å². The predicted molar refractivity (Wildman–Crippen MR) is 87.7 cm³/mol. The summed E-state index contributed by atoms with van der Waals surface area (Å²) < 4.78 is 10.5. The molecule has 114 valence electrons. The van der Waals surface area contributed by atoms with Crippen LogP contribution in [0.15, 0.2) is 23.6 Å². The van der Waals surface area contributed by atoms with Crippen molar-refractivity contribution < 1.29 is 9.47 Å². The van der Waals surface area contributed by atoms with Gasteiger partial charge in [0.1, 0.15) is 5.01 Å². The van der Waals surface area contributed by atoms with Gasteiger partial charge in [-0.2, -0.15) is 0 Å². The monoisotopic (exact) mass is 306 g/mol. The van der Waals surface area contributed by atoms with E-state index in [0.717, 1.165) is 27.9 Å². The van der Waals surface area contributed by atoms with Gasteiger partial charge in [-0.1, -0.05) is 20.8 Å². The topological polar surface area (TPSA) is 43.4 Å². The molecular weight excluding hydrogens is 284 g/mol. The lowest BCUT2D eigenvalue weighted by molar-refractivity contribution is 0.355. The van der Waals surface area contributed by atoms with Crippen LogP contribution >= 0.6 is 11.3 Å². The van der Waals surface area contributed by atoms with Gasteiger partial charge >= 0.3 is 0 Å². The van der Waals surface area contributed by atoms with Crippen LogP contribution in [0, 0.1) is 0 Å². The largest absolute Gasteiger partial charge is 0.493 e. The zero-order valence-corrected chi connectivity index (χ0v) is 14.0. The van der Waals surface area contributed by atoms with Gasteiger partial charge < -0.3 is 14.8 Å². The van der Waals surface area contributed by atoms with Gasteiger partial charge in [0.15, 0.2) is 11.5 Å². The average molecular weight is 306 g/mol. The van der Waals surface area contributed by atoms with Gasteiger partial charge in [0.2, 0.25) is 0 Å². The smallest absolute Gasteiger partial charge is 0.162 e. The summed E-state index contributed by atoms with van der Waals surface area (Å²) in [5, 5.41) is 6.57. The number of methoxy groups -OCH3 is 2. The minimum absolute atomic E-state index is 0.0953. The first-order valence-electron chi connectivity index (χ1n) is 6.85. The molecule has 0 spiro atoms. The third-order valence-corrected chi connectivity index (χ3v) is 4.00. The Labute approximate surface area is 130 Å². The molecule has 0 aliphatic heterocycles. The number of ether oxygens (including phenoxy) is 2. The molecule has 1 aromatic carbocycles. The highest BCUT2D eigenvalue weighted by atomic mass is 32.1. The summed E-state index contributed by atoms with van der Waals surface area (Å²) in [7, 11) is 3.27. The van der Waals surface area contributed by atoms with E-state index >= 15 is 0 Å². The second-order valence-electron chi connectivity index (χ2n) is 5.80. The fourth-order valence-electron chi connectivity index (χ4n) is 1.86. The molecular formula is C16H22N2O2S. The summed E-state index contributed by atoms with van der Waals surface area (Å²) in [5.74, 6) is 1.45. The zero-order valence-electron chi connectivity index (χ0n) is 13.2. The molecule has 0 radical (unpaired) electrons. The molecule has 0 aliphatic carbocycles. The molecule has 0 aliphatic rings. The molecule has 1 aromatic heterocycles. The summed E-state index contributed by atoms with van der Waals surface area (Å²) >= 11 is 1.68. The van der Waals surface area contributed by atoms with Crippen molar-refractivity contribution in [3.8, 4) is 11.5 Å². The van der Waals surface area contributed by atoms with Crippen LogP contribution in [-0.2, 0) is 12.0 Å². The predicted octanol–water partition coefficient (Wildman–Crippen LogP) is 4.07. The number of aromatic nitrogens is 1. The maximum Gasteiger partial charge on any atom is 0.162 e. The molecule has 0 atom stereocenters. The Bertz CT molecular complexity index is 603. The molecule has 1 heterocycles. The lowest BCUT2D eigenvalue weighted by atomic mass is 9.93. The van der Waals surface area contributed by atoms with Crippen LogP contribution in [0.25, 0.3) is 0 Å². The van der Waals surface area contributed by atoms with Crippen molar-refractivity contribution in [3.05, 3.63) is 34.3 Å². The highest BCUT2D eigenvalue weighted by molar-refractivity contribution is 7.09. The van der Waals surface area contributed by atoms with Crippen molar-refractivity contribution in [2.45, 2.75) is 32.7 Å². The summed E-state index contributed by atoms with van der Waals surface area (Å²) in [4.78, 5) is 4.67. The lowest BCUT2D eigenvalue weighted by Crippen LogP contribution is -2.11. The van der Waals surface area contributed by atoms with Crippen LogP contribution in [0.2, 0.25) is 0 Å². The van der Waals surface area contributed by atoms with E-state index in [0.29, 0.717) is 6.54 Å². The number of hydrogen-bond donors (Lipinski definition) is 1. The van der Waals surface area contributed by atoms with Crippen molar-refractivity contribution in [2.75, 3.05) is 19.5 Å². The Morgan fingerprint density at radius 3 is 2.43 bits per heavy atom. The first kappa shape index (κ1) is 15.6. The normalized spacial score (nSPS) is 11.3. The van der Waals surface area contributed by atoms with Crippen LogP contribution in [0.1, 0.15) is 31.5 Å². The van der Waals surface area contributed by atoms with Gasteiger partial charge in [0.05, 0.1) is 26.5 Å². The standard InChI is InChI=1S/C16H22N2O2S/c1-16(2,3)14-10-21-15(18-14)9-17-11-6-7-12(19-4)13(8-11)20-5/h6-8,10,17H,9H2,1-5H3. The van der Waals surface area contributed by atoms with Crippen LogP contribution < -0.4 is 14.8 Å². The Kier molecular flexibility index (Phi) is 4.73. The van der Waals surface area contributed by atoms with E-state index in [2.05, 4.69) is 36.5 Å². The molecule has 2 rings (SSSR count). The number of benzene rings is 1. The minimum Gasteiger partial charge on any atom is -0.493 e. The fraction of sp³-hybridized carbons (Fsp3) is 0.438. The van der Waals surface area contributed by atoms with Gasteiger partial charge in [-0.15, -0.1) is 11.3 Å². The molecule has 0 bridgehead atoms. The second-order valence-corrected chi connectivity index (χ2v) is 6.74. The quantitative estimate of drug-likeness (QED) is 0.904. The number of nitrogens with one attached hydrogen (secondary N) is 1. The molecule has 0 fully saturated rings. The van der Waals surface area contributed by atoms with Crippen molar-refractivity contribution in [1.29, 1.82) is 0 Å². The van der Waals surface area contributed by atoms with Crippen LogP contribution in [0.3, 0.4) is 0 Å². The third-order valence-electron chi connectivity index (χ3n) is 3.15. The summed E-state index contributed by atoms with van der Waals surface area (Å²) in [5.41, 5.74) is 2.22. The van der Waals surface area contributed by atoms with Crippen LogP contribution in [-0.4, -0.2) is 19.2 Å². The third kappa shape index (κ3) is 3.88. The SMILES string of the molecule is COc1ccc(NCc2nc(C(C)(C)C)cs2)cc1OC. The molecule has 1 N–H and O–H groups in total. The van der Waals surface area contributed by atoms with Gasteiger partial charge in [-0.25, -0.2) is 4.98 Å². The number of nitrogens with zero attached hydrogens (tertiary/aromatic N) is 1. The van der Waals surface area contributed by atoms with Crippen LogP contribution in [0.5, 0.6) is 11.5 Å². The number of thiazole rings is 1. The molecule has 0 amide bonds. The van der Waals surface area contributed by atoms with E-state index in [1.165, 1.54) is 0 Å². The molecule has 5 heteroatoms. The van der Waals surface area contributed by atoms with Gasteiger partial charge in [0, 0.05) is 22.5 Å². The Morgan fingerprint density at radius 1 is 1.14 bits per heavy atom. The summed E-state index contributed by atoms with van der Waals surface area (Å²) in [6.07, 6.45) is 0. The highest BCUT2D eigenvalue weighted by Crippen LogP contribution is 2.30. The van der Waals surface area contributed by atoms with Crippen molar-refractivity contribution >= 4 is 17.0 Å². The van der Waals surface area contributed by atoms with E-state index in [9.17, 15) is 0 Å². The second kappa shape index (κ2) is 6.35. The first-order valence-corrected chi connectivity index (χ1v) is 7.73. The molecule has 0 saturated carbocycles. The van der Waals surface area contributed by atoms with Crippen molar-refractivity contribution in [3.63, 3.8) is 0 Å². The lowest BCUT2D eigenvalue weighted by Gasteiger charge is -2.14. The van der Waals surface area contributed by atoms with Crippen molar-refractivity contribution in [1.82, 2.24) is 4.98 Å². The van der Waals surface area contributed by atoms with Crippen molar-refractivity contribution in [2.24, 2.45) is 0 Å². The Balaban J connectivity index is 2.04. The fourth-order valence-corrected chi connectivity index (χ4v) is 2.82.